The molecule has 1 heterocycles. The van der Waals surface area contributed by atoms with E-state index in [1.54, 1.807) is 11.3 Å². The molecule has 3 heteroatoms. The lowest BCUT2D eigenvalue weighted by Gasteiger charge is -2.18. The molecule has 0 saturated carbocycles. The summed E-state index contributed by atoms with van der Waals surface area (Å²) in [6.07, 6.45) is 2.01. The van der Waals surface area contributed by atoms with E-state index in [-0.39, 0.29) is 0 Å². The second-order valence-corrected chi connectivity index (χ2v) is 5.30. The Morgan fingerprint density at radius 3 is 2.69 bits per heavy atom. The van der Waals surface area contributed by atoms with Crippen LogP contribution in [0.4, 0.5) is 0 Å². The number of rotatable bonds is 6. The van der Waals surface area contributed by atoms with Gasteiger partial charge < -0.3 is 5.32 Å². The maximum absolute atomic E-state index is 6.31. The molecule has 1 aromatic heterocycles. The molecule has 0 aromatic carbocycles. The van der Waals surface area contributed by atoms with Gasteiger partial charge in [0.1, 0.15) is 0 Å². The van der Waals surface area contributed by atoms with Gasteiger partial charge >= 0.3 is 0 Å². The van der Waals surface area contributed by atoms with E-state index in [9.17, 15) is 0 Å². The van der Waals surface area contributed by atoms with E-state index in [0.717, 1.165) is 24.4 Å². The first-order chi connectivity index (χ1) is 7.60. The first-order valence-corrected chi connectivity index (χ1v) is 6.99. The van der Waals surface area contributed by atoms with Crippen molar-refractivity contribution in [1.29, 1.82) is 0 Å². The van der Waals surface area contributed by atoms with Crippen LogP contribution >= 0.6 is 22.9 Å². The molecule has 1 unspecified atom stereocenters. The number of halogens is 1. The highest BCUT2D eigenvalue weighted by Gasteiger charge is 2.17. The maximum Gasteiger partial charge on any atom is 0.0590 e. The topological polar surface area (TPSA) is 12.0 Å². The Kier molecular flexibility index (Phi) is 5.53. The highest BCUT2D eigenvalue weighted by molar-refractivity contribution is 7.10. The summed E-state index contributed by atoms with van der Waals surface area (Å²) in [6, 6.07) is 0.323. The Morgan fingerprint density at radius 2 is 2.25 bits per heavy atom. The summed E-state index contributed by atoms with van der Waals surface area (Å²) in [7, 11) is 0. The standard InChI is InChI=1S/C13H20ClNS/c1-5-9(3)7-11(15-6-2)13-12(14)10(4)8-16-13/h8,11,15H,3,5-7H2,1-2,4H3. The number of hydrogen-bond acceptors (Lipinski definition) is 2. The molecular weight excluding hydrogens is 238 g/mol. The summed E-state index contributed by atoms with van der Waals surface area (Å²) >= 11 is 8.05. The number of thiophene rings is 1. The molecule has 0 amide bonds. The van der Waals surface area contributed by atoms with Crippen LogP contribution in [0.2, 0.25) is 5.02 Å². The van der Waals surface area contributed by atoms with E-state index >= 15 is 0 Å². The summed E-state index contributed by atoms with van der Waals surface area (Å²) in [4.78, 5) is 1.25. The molecule has 0 fully saturated rings. The fourth-order valence-corrected chi connectivity index (χ4v) is 3.02. The smallest absolute Gasteiger partial charge is 0.0590 e. The summed E-state index contributed by atoms with van der Waals surface area (Å²) < 4.78 is 0. The lowest BCUT2D eigenvalue weighted by atomic mass is 10.0. The van der Waals surface area contributed by atoms with Crippen LogP contribution < -0.4 is 5.32 Å². The first kappa shape index (κ1) is 13.8. The van der Waals surface area contributed by atoms with E-state index in [1.165, 1.54) is 16.0 Å². The molecule has 1 atom stereocenters. The number of hydrogen-bond donors (Lipinski definition) is 1. The molecule has 16 heavy (non-hydrogen) atoms. The molecule has 1 nitrogen and oxygen atoms in total. The minimum atomic E-state index is 0.323. The molecule has 0 aliphatic carbocycles. The van der Waals surface area contributed by atoms with Crippen LogP contribution in [0.15, 0.2) is 17.5 Å². The molecule has 1 aromatic rings. The fraction of sp³-hybridized carbons (Fsp3) is 0.538. The van der Waals surface area contributed by atoms with Gasteiger partial charge in [-0.15, -0.1) is 11.3 Å². The van der Waals surface area contributed by atoms with Crippen molar-refractivity contribution in [3.05, 3.63) is 33.0 Å². The summed E-state index contributed by atoms with van der Waals surface area (Å²) in [5.74, 6) is 0. The van der Waals surface area contributed by atoms with Crippen LogP contribution in [0.1, 0.15) is 43.2 Å². The zero-order chi connectivity index (χ0) is 12.1. The van der Waals surface area contributed by atoms with Gasteiger partial charge in [0.2, 0.25) is 0 Å². The van der Waals surface area contributed by atoms with Crippen molar-refractivity contribution in [1.82, 2.24) is 5.32 Å². The third-order valence-corrected chi connectivity index (χ3v) is 4.51. The minimum Gasteiger partial charge on any atom is -0.309 e. The summed E-state index contributed by atoms with van der Waals surface area (Å²) in [5, 5.41) is 6.52. The Morgan fingerprint density at radius 1 is 1.56 bits per heavy atom. The molecule has 0 aliphatic heterocycles. The van der Waals surface area contributed by atoms with Crippen molar-refractivity contribution in [3.63, 3.8) is 0 Å². The van der Waals surface area contributed by atoms with Crippen LogP contribution in [-0.2, 0) is 0 Å². The Hall–Kier alpha value is -0.310. The van der Waals surface area contributed by atoms with Gasteiger partial charge in [-0.2, -0.15) is 0 Å². The average molecular weight is 258 g/mol. The van der Waals surface area contributed by atoms with Gasteiger partial charge in [-0.05, 0) is 37.3 Å². The fourth-order valence-electron chi connectivity index (χ4n) is 1.62. The van der Waals surface area contributed by atoms with Crippen LogP contribution in [0.3, 0.4) is 0 Å². The Bertz CT molecular complexity index is 357. The van der Waals surface area contributed by atoms with Gasteiger partial charge in [-0.25, -0.2) is 0 Å². The predicted molar refractivity (Wildman–Crippen MR) is 74.5 cm³/mol. The van der Waals surface area contributed by atoms with E-state index in [1.807, 2.05) is 0 Å². The second-order valence-electron chi connectivity index (χ2n) is 4.01. The van der Waals surface area contributed by atoms with Gasteiger partial charge in [-0.1, -0.05) is 37.6 Å². The van der Waals surface area contributed by atoms with Crippen LogP contribution in [0.5, 0.6) is 0 Å². The molecule has 0 radical (unpaired) electrons. The van der Waals surface area contributed by atoms with Crippen molar-refractivity contribution in [3.8, 4) is 0 Å². The SMILES string of the molecule is C=C(CC)CC(NCC)c1scc(C)c1Cl. The molecule has 0 bridgehead atoms. The zero-order valence-electron chi connectivity index (χ0n) is 10.3. The largest absolute Gasteiger partial charge is 0.309 e. The second kappa shape index (κ2) is 6.43. The van der Waals surface area contributed by atoms with Crippen molar-refractivity contribution in [2.24, 2.45) is 0 Å². The van der Waals surface area contributed by atoms with Crippen LogP contribution in [0, 0.1) is 6.92 Å². The molecule has 0 saturated heterocycles. The van der Waals surface area contributed by atoms with Gasteiger partial charge in [-0.3, -0.25) is 0 Å². The zero-order valence-corrected chi connectivity index (χ0v) is 11.8. The van der Waals surface area contributed by atoms with E-state index < -0.39 is 0 Å². The molecule has 0 aliphatic rings. The molecule has 1 rings (SSSR count). The summed E-state index contributed by atoms with van der Waals surface area (Å²) in [5.41, 5.74) is 2.44. The van der Waals surface area contributed by atoms with Crippen LogP contribution in [-0.4, -0.2) is 6.54 Å². The van der Waals surface area contributed by atoms with Crippen molar-refractivity contribution >= 4 is 22.9 Å². The highest BCUT2D eigenvalue weighted by atomic mass is 35.5. The monoisotopic (exact) mass is 257 g/mol. The third-order valence-electron chi connectivity index (χ3n) is 2.69. The quantitative estimate of drug-likeness (QED) is 0.728. The minimum absolute atomic E-state index is 0.323. The Labute approximate surface area is 108 Å². The molecule has 90 valence electrons. The maximum atomic E-state index is 6.31. The van der Waals surface area contributed by atoms with E-state index in [0.29, 0.717) is 6.04 Å². The van der Waals surface area contributed by atoms with E-state index in [2.05, 4.69) is 38.0 Å². The van der Waals surface area contributed by atoms with E-state index in [4.69, 9.17) is 11.6 Å². The lowest BCUT2D eigenvalue weighted by molar-refractivity contribution is 0.551. The average Bonchev–Trinajstić information content (AvgIpc) is 2.59. The lowest BCUT2D eigenvalue weighted by Crippen LogP contribution is -2.20. The van der Waals surface area contributed by atoms with Crippen LogP contribution in [0.25, 0.3) is 0 Å². The van der Waals surface area contributed by atoms with Gasteiger partial charge in [0.25, 0.3) is 0 Å². The summed E-state index contributed by atoms with van der Waals surface area (Å²) in [6.45, 7) is 11.4. The molecular formula is C13H20ClNS. The van der Waals surface area contributed by atoms with Crippen molar-refractivity contribution in [2.75, 3.05) is 6.54 Å². The van der Waals surface area contributed by atoms with Crippen molar-refractivity contribution in [2.45, 2.75) is 39.7 Å². The van der Waals surface area contributed by atoms with Gasteiger partial charge in [0.15, 0.2) is 0 Å². The number of nitrogens with one attached hydrogen (secondary N) is 1. The third kappa shape index (κ3) is 3.34. The Balaban J connectivity index is 2.84. The number of aryl methyl sites for hydroxylation is 1. The molecule has 1 N–H and O–H groups in total. The van der Waals surface area contributed by atoms with Gasteiger partial charge in [0.05, 0.1) is 5.02 Å². The normalized spacial score (nSPS) is 12.8. The predicted octanol–water partition coefficient (Wildman–Crippen LogP) is 4.72. The van der Waals surface area contributed by atoms with Crippen molar-refractivity contribution < 1.29 is 0 Å². The highest BCUT2D eigenvalue weighted by Crippen LogP contribution is 2.35. The molecule has 0 spiro atoms. The first-order valence-electron chi connectivity index (χ1n) is 5.73. The van der Waals surface area contributed by atoms with Gasteiger partial charge in [0, 0.05) is 10.9 Å².